The summed E-state index contributed by atoms with van der Waals surface area (Å²) < 4.78 is 21.6. The van der Waals surface area contributed by atoms with E-state index in [0.29, 0.717) is 12.2 Å². The maximum absolute atomic E-state index is 15.9. The van der Waals surface area contributed by atoms with Crippen LogP contribution in [0.3, 0.4) is 0 Å². The fourth-order valence-corrected chi connectivity index (χ4v) is 4.10. The van der Waals surface area contributed by atoms with E-state index in [1.54, 1.807) is 6.92 Å². The fourth-order valence-electron chi connectivity index (χ4n) is 4.10. The Kier molecular flexibility index (Phi) is 5.28. The van der Waals surface area contributed by atoms with Gasteiger partial charge in [-0.05, 0) is 59.9 Å². The van der Waals surface area contributed by atoms with Crippen LogP contribution in [0.4, 0.5) is 4.39 Å². The van der Waals surface area contributed by atoms with E-state index in [9.17, 15) is 9.59 Å². The number of aromatic carboxylic acids is 1. The van der Waals surface area contributed by atoms with Crippen molar-refractivity contribution in [3.8, 4) is 5.75 Å². The highest BCUT2D eigenvalue weighted by Gasteiger charge is 2.41. The van der Waals surface area contributed by atoms with Crippen molar-refractivity contribution < 1.29 is 23.8 Å². The molecule has 1 aliphatic carbocycles. The Balaban J connectivity index is 2.22. The molecule has 29 heavy (non-hydrogen) atoms. The summed E-state index contributed by atoms with van der Waals surface area (Å²) in [5.41, 5.74) is 1.04. The third-order valence-electron chi connectivity index (χ3n) is 5.93. The number of halogens is 1. The number of carboxylic acid groups (broad SMARTS) is 1. The third-order valence-corrected chi connectivity index (χ3v) is 5.93. The topological polar surface area (TPSA) is 63.6 Å². The zero-order valence-corrected chi connectivity index (χ0v) is 17.6. The van der Waals surface area contributed by atoms with Gasteiger partial charge in [0.2, 0.25) is 0 Å². The minimum Gasteiger partial charge on any atom is -0.493 e. The molecular weight excluding hydrogens is 371 g/mol. The van der Waals surface area contributed by atoms with Crippen LogP contribution in [0.25, 0.3) is 0 Å². The molecule has 2 aromatic carbocycles. The summed E-state index contributed by atoms with van der Waals surface area (Å²) in [7, 11) is 0. The minimum atomic E-state index is -1.08. The lowest BCUT2D eigenvalue weighted by molar-refractivity contribution is 0.0696. The van der Waals surface area contributed by atoms with Gasteiger partial charge in [-0.25, -0.2) is 9.18 Å². The molecular formula is C24H27FO4. The molecule has 154 valence electrons. The summed E-state index contributed by atoms with van der Waals surface area (Å²) in [6, 6.07) is 7.34. The van der Waals surface area contributed by atoms with Crippen LogP contribution in [-0.4, -0.2) is 23.5 Å². The summed E-state index contributed by atoms with van der Waals surface area (Å²) in [5, 5.41) is 9.06. The second-order valence-electron chi connectivity index (χ2n) is 8.90. The normalized spacial score (nSPS) is 16.8. The summed E-state index contributed by atoms with van der Waals surface area (Å²) in [6.07, 6.45) is 1.74. The van der Waals surface area contributed by atoms with Gasteiger partial charge in [0.15, 0.2) is 5.78 Å². The first-order valence-corrected chi connectivity index (χ1v) is 9.88. The van der Waals surface area contributed by atoms with Gasteiger partial charge >= 0.3 is 5.97 Å². The number of benzene rings is 2. The summed E-state index contributed by atoms with van der Waals surface area (Å²) in [4.78, 5) is 24.3. The minimum absolute atomic E-state index is 0.0698. The van der Waals surface area contributed by atoms with Crippen molar-refractivity contribution in [1.29, 1.82) is 0 Å². The third kappa shape index (κ3) is 3.66. The van der Waals surface area contributed by atoms with E-state index >= 15 is 4.39 Å². The van der Waals surface area contributed by atoms with Crippen molar-refractivity contribution in [2.45, 2.75) is 58.3 Å². The van der Waals surface area contributed by atoms with Crippen LogP contribution in [0.2, 0.25) is 0 Å². The molecule has 0 saturated heterocycles. The van der Waals surface area contributed by atoms with Crippen LogP contribution in [0.5, 0.6) is 5.75 Å². The molecule has 1 aliphatic rings. The van der Waals surface area contributed by atoms with E-state index in [1.165, 1.54) is 24.3 Å². The van der Waals surface area contributed by atoms with Crippen molar-refractivity contribution in [2.24, 2.45) is 0 Å². The highest BCUT2D eigenvalue weighted by Crippen LogP contribution is 2.49. The zero-order valence-electron chi connectivity index (χ0n) is 17.6. The van der Waals surface area contributed by atoms with E-state index in [-0.39, 0.29) is 27.9 Å². The molecule has 0 fully saturated rings. The molecule has 0 amide bonds. The number of ketones is 1. The van der Waals surface area contributed by atoms with Gasteiger partial charge in [0.1, 0.15) is 17.1 Å². The van der Waals surface area contributed by atoms with Crippen LogP contribution in [0, 0.1) is 5.82 Å². The molecule has 2 aromatic rings. The van der Waals surface area contributed by atoms with Gasteiger partial charge in [-0.3, -0.25) is 4.79 Å². The molecule has 0 spiro atoms. The summed E-state index contributed by atoms with van der Waals surface area (Å²) >= 11 is 0. The number of rotatable bonds is 5. The molecule has 0 bridgehead atoms. The van der Waals surface area contributed by atoms with Gasteiger partial charge in [-0.1, -0.05) is 39.8 Å². The summed E-state index contributed by atoms with van der Waals surface area (Å²) in [6.45, 7) is 10.3. The molecule has 0 aromatic heterocycles. The van der Waals surface area contributed by atoms with Gasteiger partial charge in [-0.15, -0.1) is 0 Å². The van der Waals surface area contributed by atoms with E-state index in [4.69, 9.17) is 9.84 Å². The standard InChI is InChI=1S/C24H27FO4/c1-6-29-17-13-16-19(24(4,5)12-11-23(16,2)3)20(25)18(17)21(26)14-7-9-15(10-8-14)22(27)28/h7-10,13H,6,11-12H2,1-5H3,(H,27,28). The number of hydrogen-bond acceptors (Lipinski definition) is 3. The first kappa shape index (κ1) is 21.0. The number of fused-ring (bicyclic) bond motifs is 1. The van der Waals surface area contributed by atoms with Gasteiger partial charge in [0, 0.05) is 5.56 Å². The fraction of sp³-hybridized carbons (Fsp3) is 0.417. The smallest absolute Gasteiger partial charge is 0.335 e. The second kappa shape index (κ2) is 7.29. The quantitative estimate of drug-likeness (QED) is 0.675. The van der Waals surface area contributed by atoms with Crippen molar-refractivity contribution in [2.75, 3.05) is 6.61 Å². The van der Waals surface area contributed by atoms with Gasteiger partial charge in [-0.2, -0.15) is 0 Å². The Hall–Kier alpha value is -2.69. The summed E-state index contributed by atoms with van der Waals surface area (Å²) in [5.74, 6) is -1.88. The van der Waals surface area contributed by atoms with Crippen LogP contribution in [0.15, 0.2) is 30.3 Å². The lowest BCUT2D eigenvalue weighted by Gasteiger charge is -2.42. The number of ether oxygens (including phenoxy) is 1. The van der Waals surface area contributed by atoms with Crippen molar-refractivity contribution in [1.82, 2.24) is 0 Å². The Morgan fingerprint density at radius 3 is 2.14 bits per heavy atom. The van der Waals surface area contributed by atoms with Crippen molar-refractivity contribution in [3.63, 3.8) is 0 Å². The maximum Gasteiger partial charge on any atom is 0.335 e. The van der Waals surface area contributed by atoms with Gasteiger partial charge in [0.05, 0.1) is 12.2 Å². The average Bonchev–Trinajstić information content (AvgIpc) is 2.65. The van der Waals surface area contributed by atoms with Crippen molar-refractivity contribution in [3.05, 3.63) is 64.0 Å². The average molecular weight is 398 g/mol. The number of carboxylic acids is 1. The molecule has 0 heterocycles. The van der Waals surface area contributed by atoms with E-state index in [1.807, 2.05) is 19.9 Å². The first-order valence-electron chi connectivity index (χ1n) is 9.88. The van der Waals surface area contributed by atoms with Crippen molar-refractivity contribution >= 4 is 11.8 Å². The maximum atomic E-state index is 15.9. The Bertz CT molecular complexity index is 971. The predicted molar refractivity (Wildman–Crippen MR) is 110 cm³/mol. The molecule has 4 nitrogen and oxygen atoms in total. The molecule has 0 saturated carbocycles. The van der Waals surface area contributed by atoms with Crippen LogP contribution in [0.1, 0.15) is 84.9 Å². The Morgan fingerprint density at radius 2 is 1.59 bits per heavy atom. The number of carbonyl (C=O) groups excluding carboxylic acids is 1. The predicted octanol–water partition coefficient (Wildman–Crippen LogP) is 5.50. The van der Waals surface area contributed by atoms with Crippen LogP contribution < -0.4 is 4.74 Å². The molecule has 0 unspecified atom stereocenters. The molecule has 0 aliphatic heterocycles. The lowest BCUT2D eigenvalue weighted by Crippen LogP contribution is -2.35. The number of hydrogen-bond donors (Lipinski definition) is 1. The van der Waals surface area contributed by atoms with E-state index < -0.39 is 23.0 Å². The monoisotopic (exact) mass is 398 g/mol. The molecule has 0 radical (unpaired) electrons. The van der Waals surface area contributed by atoms with Gasteiger partial charge in [0.25, 0.3) is 0 Å². The Labute approximate surface area is 170 Å². The highest BCUT2D eigenvalue weighted by molar-refractivity contribution is 6.11. The second-order valence-corrected chi connectivity index (χ2v) is 8.90. The van der Waals surface area contributed by atoms with E-state index in [0.717, 1.165) is 18.4 Å². The lowest BCUT2D eigenvalue weighted by atomic mass is 9.62. The molecule has 3 rings (SSSR count). The SMILES string of the molecule is CCOc1cc2c(c(F)c1C(=O)c1ccc(C(=O)O)cc1)C(C)(C)CCC2(C)C. The highest BCUT2D eigenvalue weighted by atomic mass is 19.1. The molecule has 1 N–H and O–H groups in total. The zero-order chi connectivity index (χ0) is 21.6. The Morgan fingerprint density at radius 1 is 1.03 bits per heavy atom. The van der Waals surface area contributed by atoms with Gasteiger partial charge < -0.3 is 9.84 Å². The van der Waals surface area contributed by atoms with Crippen LogP contribution in [-0.2, 0) is 10.8 Å². The largest absolute Gasteiger partial charge is 0.493 e. The molecule has 0 atom stereocenters. The molecule has 5 heteroatoms. The first-order chi connectivity index (χ1) is 13.5. The number of carbonyl (C=O) groups is 2. The van der Waals surface area contributed by atoms with E-state index in [2.05, 4.69) is 13.8 Å². The van der Waals surface area contributed by atoms with Crippen LogP contribution >= 0.6 is 0 Å².